The molecule has 5 heteroatoms. The van der Waals surface area contributed by atoms with Crippen molar-refractivity contribution in [2.75, 3.05) is 6.54 Å². The minimum atomic E-state index is -0.564. The van der Waals surface area contributed by atoms with Crippen LogP contribution in [-0.4, -0.2) is 35.2 Å². The van der Waals surface area contributed by atoms with Crippen molar-refractivity contribution in [3.05, 3.63) is 35.9 Å². The van der Waals surface area contributed by atoms with E-state index in [2.05, 4.69) is 0 Å². The van der Waals surface area contributed by atoms with Crippen LogP contribution in [0, 0.1) is 0 Å². The van der Waals surface area contributed by atoms with E-state index in [4.69, 9.17) is 9.47 Å². The lowest BCUT2D eigenvalue weighted by Gasteiger charge is -2.39. The maximum atomic E-state index is 12.0. The van der Waals surface area contributed by atoms with Gasteiger partial charge in [0, 0.05) is 6.54 Å². The molecule has 1 atom stereocenters. The molecule has 0 saturated carbocycles. The lowest BCUT2D eigenvalue weighted by atomic mass is 10.0. The number of benzene rings is 1. The lowest BCUT2D eigenvalue weighted by molar-refractivity contribution is -0.155. The van der Waals surface area contributed by atoms with Crippen molar-refractivity contribution >= 4 is 12.1 Å². The fourth-order valence-corrected chi connectivity index (χ4v) is 2.00. The summed E-state index contributed by atoms with van der Waals surface area (Å²) < 4.78 is 10.5. The molecule has 1 saturated heterocycles. The van der Waals surface area contributed by atoms with E-state index >= 15 is 0 Å². The number of rotatable bonds is 3. The third-order valence-corrected chi connectivity index (χ3v) is 3.14. The Kier molecular flexibility index (Phi) is 4.50. The third-order valence-electron chi connectivity index (χ3n) is 3.14. The molecular formula is C16H21NO4. The molecule has 114 valence electrons. The summed E-state index contributed by atoms with van der Waals surface area (Å²) in [6.07, 6.45) is 0.155. The van der Waals surface area contributed by atoms with Crippen LogP contribution in [-0.2, 0) is 20.9 Å². The molecule has 0 aliphatic carbocycles. The Bertz CT molecular complexity index is 507. The highest BCUT2D eigenvalue weighted by Crippen LogP contribution is 2.22. The molecule has 0 bridgehead atoms. The van der Waals surface area contributed by atoms with Crippen LogP contribution in [0.2, 0.25) is 0 Å². The fourth-order valence-electron chi connectivity index (χ4n) is 2.00. The topological polar surface area (TPSA) is 55.8 Å². The molecule has 0 N–H and O–H groups in total. The Morgan fingerprint density at radius 1 is 1.24 bits per heavy atom. The largest absolute Gasteiger partial charge is 0.459 e. The predicted molar refractivity (Wildman–Crippen MR) is 77.6 cm³/mol. The van der Waals surface area contributed by atoms with E-state index < -0.39 is 17.7 Å². The van der Waals surface area contributed by atoms with Gasteiger partial charge in [0.2, 0.25) is 0 Å². The Hall–Kier alpha value is -2.04. The highest BCUT2D eigenvalue weighted by Gasteiger charge is 2.40. The fraction of sp³-hybridized carbons (Fsp3) is 0.500. The number of hydrogen-bond donors (Lipinski definition) is 0. The van der Waals surface area contributed by atoms with E-state index in [0.29, 0.717) is 13.0 Å². The summed E-state index contributed by atoms with van der Waals surface area (Å²) in [6, 6.07) is 8.93. The van der Waals surface area contributed by atoms with Crippen molar-refractivity contribution in [1.82, 2.24) is 4.90 Å². The van der Waals surface area contributed by atoms with Gasteiger partial charge in [0.05, 0.1) is 0 Å². The first-order valence-electron chi connectivity index (χ1n) is 7.07. The summed E-state index contributed by atoms with van der Waals surface area (Å²) >= 11 is 0. The molecule has 1 aromatic rings. The molecule has 1 aliphatic heterocycles. The van der Waals surface area contributed by atoms with Crippen LogP contribution in [0.3, 0.4) is 0 Å². The summed E-state index contributed by atoms with van der Waals surface area (Å²) in [5.41, 5.74) is 0.361. The minimum Gasteiger partial charge on any atom is -0.459 e. The Balaban J connectivity index is 1.84. The van der Waals surface area contributed by atoms with Gasteiger partial charge in [-0.3, -0.25) is 4.90 Å². The minimum absolute atomic E-state index is 0.221. The zero-order chi connectivity index (χ0) is 15.5. The van der Waals surface area contributed by atoms with Gasteiger partial charge in [0.25, 0.3) is 0 Å². The van der Waals surface area contributed by atoms with Crippen LogP contribution in [0.15, 0.2) is 30.3 Å². The van der Waals surface area contributed by atoms with Gasteiger partial charge in [0.1, 0.15) is 18.2 Å². The first-order chi connectivity index (χ1) is 9.87. The van der Waals surface area contributed by atoms with E-state index in [1.165, 1.54) is 4.90 Å². The lowest BCUT2D eigenvalue weighted by Crippen LogP contribution is -2.56. The van der Waals surface area contributed by atoms with Gasteiger partial charge in [-0.05, 0) is 32.8 Å². The first kappa shape index (κ1) is 15.4. The van der Waals surface area contributed by atoms with Crippen molar-refractivity contribution in [1.29, 1.82) is 0 Å². The van der Waals surface area contributed by atoms with Crippen molar-refractivity contribution in [2.45, 2.75) is 45.4 Å². The SMILES string of the molecule is CC(C)(C)OC(=O)N1CCC1C(=O)OCc1ccccc1. The summed E-state index contributed by atoms with van der Waals surface area (Å²) in [7, 11) is 0. The summed E-state index contributed by atoms with van der Waals surface area (Å²) in [6.45, 7) is 6.15. The van der Waals surface area contributed by atoms with Crippen molar-refractivity contribution in [3.63, 3.8) is 0 Å². The van der Waals surface area contributed by atoms with Crippen LogP contribution < -0.4 is 0 Å². The van der Waals surface area contributed by atoms with E-state index in [1.54, 1.807) is 20.8 Å². The first-order valence-corrected chi connectivity index (χ1v) is 7.07. The number of esters is 1. The molecule has 0 spiro atoms. The average Bonchev–Trinajstić information content (AvgIpc) is 2.34. The normalized spacial score (nSPS) is 17.9. The second kappa shape index (κ2) is 6.16. The standard InChI is InChI=1S/C16H21NO4/c1-16(2,3)21-15(19)17-10-9-13(17)14(18)20-11-12-7-5-4-6-8-12/h4-8,13H,9-11H2,1-3H3. The average molecular weight is 291 g/mol. The van der Waals surface area contributed by atoms with Crippen LogP contribution in [0.1, 0.15) is 32.8 Å². The second-order valence-electron chi connectivity index (χ2n) is 6.07. The zero-order valence-corrected chi connectivity index (χ0v) is 12.7. The second-order valence-corrected chi connectivity index (χ2v) is 6.07. The van der Waals surface area contributed by atoms with Crippen LogP contribution in [0.5, 0.6) is 0 Å². The van der Waals surface area contributed by atoms with Crippen molar-refractivity contribution in [2.24, 2.45) is 0 Å². The van der Waals surface area contributed by atoms with Gasteiger partial charge >= 0.3 is 12.1 Å². The van der Waals surface area contributed by atoms with Crippen molar-refractivity contribution in [3.8, 4) is 0 Å². The summed E-state index contributed by atoms with van der Waals surface area (Å²) in [5.74, 6) is -0.379. The quantitative estimate of drug-likeness (QED) is 0.804. The molecule has 2 rings (SSSR count). The molecule has 1 amide bonds. The molecule has 1 aliphatic rings. The molecular weight excluding hydrogens is 270 g/mol. The smallest absolute Gasteiger partial charge is 0.411 e. The van der Waals surface area contributed by atoms with Crippen LogP contribution in [0.25, 0.3) is 0 Å². The van der Waals surface area contributed by atoms with Gasteiger partial charge in [-0.1, -0.05) is 30.3 Å². The van der Waals surface area contributed by atoms with E-state index in [-0.39, 0.29) is 12.6 Å². The maximum absolute atomic E-state index is 12.0. The number of carbonyl (C=O) groups excluding carboxylic acids is 2. The molecule has 1 unspecified atom stereocenters. The van der Waals surface area contributed by atoms with Gasteiger partial charge in [-0.25, -0.2) is 9.59 Å². The number of carbonyl (C=O) groups is 2. The van der Waals surface area contributed by atoms with E-state index in [0.717, 1.165) is 5.56 Å². The van der Waals surface area contributed by atoms with E-state index in [1.807, 2.05) is 30.3 Å². The van der Waals surface area contributed by atoms with Crippen LogP contribution in [0.4, 0.5) is 4.79 Å². The zero-order valence-electron chi connectivity index (χ0n) is 12.7. The molecule has 1 aromatic carbocycles. The van der Waals surface area contributed by atoms with Gasteiger partial charge in [-0.2, -0.15) is 0 Å². The molecule has 0 aromatic heterocycles. The Morgan fingerprint density at radius 2 is 1.90 bits per heavy atom. The Morgan fingerprint density at radius 3 is 2.43 bits per heavy atom. The number of likely N-dealkylation sites (tertiary alicyclic amines) is 1. The number of nitrogens with zero attached hydrogens (tertiary/aromatic N) is 1. The number of hydrogen-bond acceptors (Lipinski definition) is 4. The highest BCUT2D eigenvalue weighted by molar-refractivity contribution is 5.83. The maximum Gasteiger partial charge on any atom is 0.411 e. The third kappa shape index (κ3) is 4.21. The van der Waals surface area contributed by atoms with Gasteiger partial charge < -0.3 is 9.47 Å². The molecule has 1 fully saturated rings. The van der Waals surface area contributed by atoms with E-state index in [9.17, 15) is 9.59 Å². The number of amides is 1. The van der Waals surface area contributed by atoms with Gasteiger partial charge in [-0.15, -0.1) is 0 Å². The van der Waals surface area contributed by atoms with Gasteiger partial charge in [0.15, 0.2) is 0 Å². The molecule has 5 nitrogen and oxygen atoms in total. The van der Waals surface area contributed by atoms with Crippen LogP contribution >= 0.6 is 0 Å². The predicted octanol–water partition coefficient (Wildman–Crippen LogP) is 2.74. The molecule has 21 heavy (non-hydrogen) atoms. The highest BCUT2D eigenvalue weighted by atomic mass is 16.6. The Labute approximate surface area is 124 Å². The summed E-state index contributed by atoms with van der Waals surface area (Å²) in [5, 5.41) is 0. The summed E-state index contributed by atoms with van der Waals surface area (Å²) in [4.78, 5) is 25.3. The molecule has 1 heterocycles. The molecule has 0 radical (unpaired) electrons. The number of ether oxygens (including phenoxy) is 2. The van der Waals surface area contributed by atoms with Crippen molar-refractivity contribution < 1.29 is 19.1 Å². The monoisotopic (exact) mass is 291 g/mol.